The van der Waals surface area contributed by atoms with Gasteiger partial charge in [-0.1, -0.05) is 32.4 Å². The number of hydrogen-bond acceptors (Lipinski definition) is 3. The van der Waals surface area contributed by atoms with Crippen molar-refractivity contribution in [2.45, 2.75) is 26.8 Å². The fourth-order valence-corrected chi connectivity index (χ4v) is 3.16. The molecular weight excluding hydrogens is 350 g/mol. The minimum atomic E-state index is -0.656. The number of nitrogens with zero attached hydrogens (tertiary/aromatic N) is 1. The van der Waals surface area contributed by atoms with Crippen LogP contribution in [0.3, 0.4) is 0 Å². The molecule has 0 saturated carbocycles. The SMILES string of the molecule is CC(C)(C)[C@H](c1cc(Cl)cc(F)c1O)N1CCNCC1.Cl.Cl. The van der Waals surface area contributed by atoms with E-state index in [1.165, 1.54) is 0 Å². The van der Waals surface area contributed by atoms with Crippen LogP contribution in [0.2, 0.25) is 5.02 Å². The average molecular weight is 374 g/mol. The quantitative estimate of drug-likeness (QED) is 0.822. The van der Waals surface area contributed by atoms with Gasteiger partial charge in [0.25, 0.3) is 0 Å². The zero-order valence-electron chi connectivity index (χ0n) is 13.0. The van der Waals surface area contributed by atoms with Gasteiger partial charge in [-0.3, -0.25) is 4.90 Å². The molecule has 0 spiro atoms. The summed E-state index contributed by atoms with van der Waals surface area (Å²) < 4.78 is 13.8. The van der Waals surface area contributed by atoms with Crippen LogP contribution >= 0.6 is 36.4 Å². The largest absolute Gasteiger partial charge is 0.505 e. The first-order chi connectivity index (χ1) is 9.30. The topological polar surface area (TPSA) is 35.5 Å². The lowest BCUT2D eigenvalue weighted by Crippen LogP contribution is -2.48. The molecule has 1 aliphatic heterocycles. The molecule has 1 atom stereocenters. The maximum absolute atomic E-state index is 13.8. The van der Waals surface area contributed by atoms with E-state index < -0.39 is 5.82 Å². The normalized spacial score (nSPS) is 17.3. The summed E-state index contributed by atoms with van der Waals surface area (Å²) in [5.74, 6) is -0.940. The van der Waals surface area contributed by atoms with Crippen LogP contribution < -0.4 is 5.32 Å². The van der Waals surface area contributed by atoms with Crippen molar-refractivity contribution in [1.82, 2.24) is 10.2 Å². The van der Waals surface area contributed by atoms with Crippen LogP contribution in [0, 0.1) is 11.2 Å². The van der Waals surface area contributed by atoms with Crippen molar-refractivity contribution in [2.24, 2.45) is 5.41 Å². The van der Waals surface area contributed by atoms with Crippen molar-refractivity contribution in [1.29, 1.82) is 0 Å². The number of aromatic hydroxyl groups is 1. The van der Waals surface area contributed by atoms with Crippen LogP contribution in [0.25, 0.3) is 0 Å². The Morgan fingerprint density at radius 1 is 1.23 bits per heavy atom. The second kappa shape index (κ2) is 8.55. The lowest BCUT2D eigenvalue weighted by atomic mass is 9.80. The third kappa shape index (κ3) is 4.87. The second-order valence-corrected chi connectivity index (χ2v) is 6.82. The lowest BCUT2D eigenvalue weighted by Gasteiger charge is -2.42. The number of halogens is 4. The van der Waals surface area contributed by atoms with Gasteiger partial charge >= 0.3 is 0 Å². The monoisotopic (exact) mass is 372 g/mol. The van der Waals surface area contributed by atoms with Crippen LogP contribution in [0.4, 0.5) is 4.39 Å². The Hall–Kier alpha value is -0.260. The van der Waals surface area contributed by atoms with E-state index in [1.807, 2.05) is 0 Å². The smallest absolute Gasteiger partial charge is 0.166 e. The van der Waals surface area contributed by atoms with Gasteiger partial charge in [-0.05, 0) is 17.5 Å². The Morgan fingerprint density at radius 2 is 1.77 bits per heavy atom. The molecular formula is C15H24Cl3FN2O. The molecule has 2 N–H and O–H groups in total. The molecule has 1 saturated heterocycles. The van der Waals surface area contributed by atoms with Gasteiger partial charge in [0.15, 0.2) is 11.6 Å². The number of phenolic OH excluding ortho intramolecular Hbond substituents is 1. The number of nitrogens with one attached hydrogen (secondary N) is 1. The Bertz CT molecular complexity index is 488. The first-order valence-corrected chi connectivity index (χ1v) is 7.31. The Balaban J connectivity index is 0.00000220. The molecule has 0 radical (unpaired) electrons. The molecule has 1 aliphatic rings. The molecule has 3 nitrogen and oxygen atoms in total. The van der Waals surface area contributed by atoms with Crippen LogP contribution in [-0.2, 0) is 0 Å². The Labute approximate surface area is 149 Å². The summed E-state index contributed by atoms with van der Waals surface area (Å²) in [7, 11) is 0. The van der Waals surface area contributed by atoms with E-state index in [2.05, 4.69) is 31.0 Å². The van der Waals surface area contributed by atoms with Crippen molar-refractivity contribution in [3.05, 3.63) is 28.5 Å². The summed E-state index contributed by atoms with van der Waals surface area (Å²) in [6.45, 7) is 9.83. The van der Waals surface area contributed by atoms with Crippen molar-refractivity contribution < 1.29 is 9.50 Å². The number of hydrogen-bond donors (Lipinski definition) is 2. The fraction of sp³-hybridized carbons (Fsp3) is 0.600. The van der Waals surface area contributed by atoms with E-state index in [1.54, 1.807) is 6.07 Å². The standard InChI is InChI=1S/C15H22ClFN2O.2ClH/c1-15(2,3)14(19-6-4-18-5-7-19)11-8-10(16)9-12(17)13(11)20;;/h8-9,14,18,20H,4-7H2,1-3H3;2*1H/t14-;;/m0../s1. The molecule has 0 unspecified atom stereocenters. The summed E-state index contributed by atoms with van der Waals surface area (Å²) in [5, 5.41) is 13.7. The van der Waals surface area contributed by atoms with Crippen molar-refractivity contribution in [3.63, 3.8) is 0 Å². The van der Waals surface area contributed by atoms with E-state index in [4.69, 9.17) is 11.6 Å². The number of benzene rings is 1. The molecule has 0 amide bonds. The first kappa shape index (κ1) is 21.7. The molecule has 1 fully saturated rings. The summed E-state index contributed by atoms with van der Waals surface area (Å²) in [4.78, 5) is 2.28. The Kier molecular flexibility index (Phi) is 8.45. The number of phenols is 1. The van der Waals surface area contributed by atoms with Crippen LogP contribution in [-0.4, -0.2) is 36.2 Å². The minimum Gasteiger partial charge on any atom is -0.505 e. The summed E-state index contributed by atoms with van der Waals surface area (Å²) >= 11 is 5.97. The highest BCUT2D eigenvalue weighted by Crippen LogP contribution is 2.43. The third-order valence-corrected chi connectivity index (χ3v) is 3.91. The summed E-state index contributed by atoms with van der Waals surface area (Å²) in [5.41, 5.74) is 0.441. The molecule has 2 rings (SSSR count). The van der Waals surface area contributed by atoms with E-state index in [9.17, 15) is 9.50 Å². The van der Waals surface area contributed by atoms with Crippen LogP contribution in [0.1, 0.15) is 32.4 Å². The van der Waals surface area contributed by atoms with Crippen LogP contribution in [0.15, 0.2) is 12.1 Å². The van der Waals surface area contributed by atoms with Crippen LogP contribution in [0.5, 0.6) is 5.75 Å². The van der Waals surface area contributed by atoms with Gasteiger partial charge < -0.3 is 10.4 Å². The second-order valence-electron chi connectivity index (χ2n) is 6.38. The number of piperazine rings is 1. The van der Waals surface area contributed by atoms with Crippen molar-refractivity contribution >= 4 is 36.4 Å². The zero-order chi connectivity index (χ0) is 14.9. The molecule has 0 aromatic heterocycles. The van der Waals surface area contributed by atoms with Gasteiger partial charge in [-0.2, -0.15) is 0 Å². The predicted octanol–water partition coefficient (Wildman–Crippen LogP) is 4.02. The molecule has 22 heavy (non-hydrogen) atoms. The highest BCUT2D eigenvalue weighted by atomic mass is 35.5. The first-order valence-electron chi connectivity index (χ1n) is 6.93. The third-order valence-electron chi connectivity index (χ3n) is 3.69. The molecule has 128 valence electrons. The molecule has 1 aromatic carbocycles. The number of rotatable bonds is 2. The van der Waals surface area contributed by atoms with E-state index in [0.29, 0.717) is 10.6 Å². The zero-order valence-corrected chi connectivity index (χ0v) is 15.4. The summed E-state index contributed by atoms with van der Waals surface area (Å²) in [6.07, 6.45) is 0. The van der Waals surface area contributed by atoms with E-state index >= 15 is 0 Å². The lowest BCUT2D eigenvalue weighted by molar-refractivity contribution is 0.0838. The molecule has 0 aliphatic carbocycles. The van der Waals surface area contributed by atoms with Gasteiger partial charge in [0.05, 0.1) is 0 Å². The van der Waals surface area contributed by atoms with Crippen molar-refractivity contribution in [2.75, 3.05) is 26.2 Å². The highest BCUT2D eigenvalue weighted by Gasteiger charge is 2.35. The van der Waals surface area contributed by atoms with Gasteiger partial charge in [-0.25, -0.2) is 4.39 Å². The van der Waals surface area contributed by atoms with Crippen molar-refractivity contribution in [3.8, 4) is 5.75 Å². The van der Waals surface area contributed by atoms with E-state index in [-0.39, 0.29) is 42.0 Å². The Morgan fingerprint density at radius 3 is 2.27 bits per heavy atom. The summed E-state index contributed by atoms with van der Waals surface area (Å²) in [6, 6.07) is 2.76. The van der Waals surface area contributed by atoms with Gasteiger partial charge in [0.1, 0.15) is 0 Å². The average Bonchev–Trinajstić information content (AvgIpc) is 2.35. The molecule has 0 bridgehead atoms. The fourth-order valence-electron chi connectivity index (χ4n) is 2.95. The highest BCUT2D eigenvalue weighted by molar-refractivity contribution is 6.30. The maximum Gasteiger partial charge on any atom is 0.166 e. The van der Waals surface area contributed by atoms with Gasteiger partial charge in [0.2, 0.25) is 0 Å². The van der Waals surface area contributed by atoms with Gasteiger partial charge in [0, 0.05) is 42.8 Å². The molecule has 1 aromatic rings. The molecule has 1 heterocycles. The predicted molar refractivity (Wildman–Crippen MR) is 94.2 cm³/mol. The van der Waals surface area contributed by atoms with Gasteiger partial charge in [-0.15, -0.1) is 24.8 Å². The molecule has 7 heteroatoms. The minimum absolute atomic E-state index is 0. The maximum atomic E-state index is 13.8. The van der Waals surface area contributed by atoms with E-state index in [0.717, 1.165) is 32.2 Å².